The molecular weight excluding hydrogens is 256 g/mol. The zero-order chi connectivity index (χ0) is 14.9. The second kappa shape index (κ2) is 5.33. The summed E-state index contributed by atoms with van der Waals surface area (Å²) in [5, 5.41) is 0. The average Bonchev–Trinajstić information content (AvgIpc) is 2.38. The lowest BCUT2D eigenvalue weighted by molar-refractivity contribution is 0.453. The van der Waals surface area contributed by atoms with Gasteiger partial charge in [0.15, 0.2) is 11.6 Å². The molecule has 0 aromatic heterocycles. The van der Waals surface area contributed by atoms with E-state index < -0.39 is 17.2 Å². The van der Waals surface area contributed by atoms with E-state index in [1.54, 1.807) is 6.07 Å². The van der Waals surface area contributed by atoms with Gasteiger partial charge in [0.05, 0.1) is 0 Å². The molecule has 1 atom stereocenters. The maximum Gasteiger partial charge on any atom is 0.162 e. The molecule has 106 valence electrons. The Bertz CT molecular complexity index is 633. The maximum absolute atomic E-state index is 13.8. The summed E-state index contributed by atoms with van der Waals surface area (Å²) in [5.41, 5.74) is 9.12. The van der Waals surface area contributed by atoms with Crippen molar-refractivity contribution in [2.45, 2.75) is 32.7 Å². The highest BCUT2D eigenvalue weighted by Crippen LogP contribution is 2.26. The molecule has 0 bridgehead atoms. The Kier molecular flexibility index (Phi) is 3.91. The van der Waals surface area contributed by atoms with E-state index >= 15 is 0 Å². The number of aryl methyl sites for hydroxylation is 2. The van der Waals surface area contributed by atoms with Gasteiger partial charge in [0, 0.05) is 5.54 Å². The van der Waals surface area contributed by atoms with Crippen LogP contribution < -0.4 is 5.73 Å². The highest BCUT2D eigenvalue weighted by Gasteiger charge is 2.24. The number of hydrogen-bond donors (Lipinski definition) is 1. The third-order valence-electron chi connectivity index (χ3n) is 3.76. The van der Waals surface area contributed by atoms with E-state index in [1.165, 1.54) is 11.6 Å². The van der Waals surface area contributed by atoms with Crippen LogP contribution in [-0.2, 0) is 12.0 Å². The van der Waals surface area contributed by atoms with E-state index in [2.05, 4.69) is 0 Å². The van der Waals surface area contributed by atoms with Gasteiger partial charge >= 0.3 is 0 Å². The van der Waals surface area contributed by atoms with E-state index in [9.17, 15) is 8.78 Å². The molecule has 2 aromatic carbocycles. The van der Waals surface area contributed by atoms with Crippen molar-refractivity contribution < 1.29 is 8.78 Å². The minimum Gasteiger partial charge on any atom is -0.321 e. The summed E-state index contributed by atoms with van der Waals surface area (Å²) in [6.45, 7) is 5.87. The monoisotopic (exact) mass is 275 g/mol. The summed E-state index contributed by atoms with van der Waals surface area (Å²) in [6, 6.07) is 10.1. The Morgan fingerprint density at radius 1 is 1.05 bits per heavy atom. The SMILES string of the molecule is Cc1ccc(C(C)(N)Cc2cccc(F)c2F)cc1C. The van der Waals surface area contributed by atoms with Crippen LogP contribution in [0.25, 0.3) is 0 Å². The van der Waals surface area contributed by atoms with Gasteiger partial charge < -0.3 is 5.73 Å². The van der Waals surface area contributed by atoms with Crippen molar-refractivity contribution in [3.63, 3.8) is 0 Å². The summed E-state index contributed by atoms with van der Waals surface area (Å²) in [4.78, 5) is 0. The molecule has 2 aromatic rings. The largest absolute Gasteiger partial charge is 0.321 e. The first-order valence-electron chi connectivity index (χ1n) is 6.61. The zero-order valence-corrected chi connectivity index (χ0v) is 12.0. The number of benzene rings is 2. The molecule has 0 amide bonds. The van der Waals surface area contributed by atoms with E-state index in [0.29, 0.717) is 5.56 Å². The first-order chi connectivity index (χ1) is 9.31. The van der Waals surface area contributed by atoms with Gasteiger partial charge in [-0.15, -0.1) is 0 Å². The number of halogens is 2. The molecular formula is C17H19F2N. The van der Waals surface area contributed by atoms with Gasteiger partial charge in [-0.3, -0.25) is 0 Å². The highest BCUT2D eigenvalue weighted by atomic mass is 19.2. The fraction of sp³-hybridized carbons (Fsp3) is 0.294. The molecule has 2 N–H and O–H groups in total. The van der Waals surface area contributed by atoms with Crippen molar-refractivity contribution in [2.75, 3.05) is 0 Å². The van der Waals surface area contributed by atoms with Crippen LogP contribution in [0.2, 0.25) is 0 Å². The van der Waals surface area contributed by atoms with Crippen LogP contribution in [0.3, 0.4) is 0 Å². The fourth-order valence-electron chi connectivity index (χ4n) is 2.28. The van der Waals surface area contributed by atoms with Gasteiger partial charge in [-0.2, -0.15) is 0 Å². The standard InChI is InChI=1S/C17H19F2N/c1-11-7-8-14(9-12(11)2)17(3,20)10-13-5-4-6-15(18)16(13)19/h4-9H,10,20H2,1-3H3. The predicted octanol–water partition coefficient (Wildman–Crippen LogP) is 4.00. The molecule has 0 aliphatic rings. The molecule has 0 radical (unpaired) electrons. The second-order valence-corrected chi connectivity index (χ2v) is 5.61. The first kappa shape index (κ1) is 14.7. The van der Waals surface area contributed by atoms with Crippen molar-refractivity contribution >= 4 is 0 Å². The maximum atomic E-state index is 13.8. The third kappa shape index (κ3) is 2.88. The lowest BCUT2D eigenvalue weighted by Gasteiger charge is -2.26. The van der Waals surface area contributed by atoms with Gasteiger partial charge in [0.1, 0.15) is 0 Å². The zero-order valence-electron chi connectivity index (χ0n) is 12.0. The van der Waals surface area contributed by atoms with Gasteiger partial charge in [-0.25, -0.2) is 8.78 Å². The smallest absolute Gasteiger partial charge is 0.162 e. The molecule has 0 spiro atoms. The molecule has 0 heterocycles. The minimum atomic E-state index is -0.835. The van der Waals surface area contributed by atoms with E-state index in [0.717, 1.165) is 17.2 Å². The number of nitrogens with two attached hydrogens (primary N) is 1. The number of hydrogen-bond acceptors (Lipinski definition) is 1. The lowest BCUT2D eigenvalue weighted by atomic mass is 9.85. The summed E-state index contributed by atoms with van der Waals surface area (Å²) >= 11 is 0. The number of rotatable bonds is 3. The second-order valence-electron chi connectivity index (χ2n) is 5.61. The molecule has 0 saturated carbocycles. The first-order valence-corrected chi connectivity index (χ1v) is 6.61. The van der Waals surface area contributed by atoms with Crippen LogP contribution in [0.4, 0.5) is 8.78 Å². The molecule has 1 nitrogen and oxygen atoms in total. The molecule has 0 aliphatic heterocycles. The van der Waals surface area contributed by atoms with Crippen LogP contribution in [0.15, 0.2) is 36.4 Å². The normalized spacial score (nSPS) is 14.1. The highest BCUT2D eigenvalue weighted by molar-refractivity contribution is 5.35. The Hall–Kier alpha value is -1.74. The van der Waals surface area contributed by atoms with Crippen molar-refractivity contribution in [1.82, 2.24) is 0 Å². The minimum absolute atomic E-state index is 0.249. The van der Waals surface area contributed by atoms with Crippen LogP contribution in [-0.4, -0.2) is 0 Å². The summed E-state index contributed by atoms with van der Waals surface area (Å²) < 4.78 is 27.0. The molecule has 0 fully saturated rings. The molecule has 3 heteroatoms. The van der Waals surface area contributed by atoms with E-state index in [1.807, 2.05) is 39.0 Å². The fourth-order valence-corrected chi connectivity index (χ4v) is 2.28. The quantitative estimate of drug-likeness (QED) is 0.900. The molecule has 0 saturated heterocycles. The molecule has 1 unspecified atom stereocenters. The topological polar surface area (TPSA) is 26.0 Å². The Labute approximate surface area is 118 Å². The Morgan fingerprint density at radius 2 is 1.75 bits per heavy atom. The van der Waals surface area contributed by atoms with Gasteiger partial charge in [-0.1, -0.05) is 30.3 Å². The lowest BCUT2D eigenvalue weighted by Crippen LogP contribution is -2.36. The van der Waals surface area contributed by atoms with Crippen molar-refractivity contribution in [2.24, 2.45) is 5.73 Å². The Balaban J connectivity index is 2.35. The van der Waals surface area contributed by atoms with Gasteiger partial charge in [-0.05, 0) is 55.5 Å². The van der Waals surface area contributed by atoms with Gasteiger partial charge in [0.25, 0.3) is 0 Å². The third-order valence-corrected chi connectivity index (χ3v) is 3.76. The van der Waals surface area contributed by atoms with E-state index in [4.69, 9.17) is 5.73 Å². The molecule has 0 aliphatic carbocycles. The summed E-state index contributed by atoms with van der Waals surface area (Å²) in [6.07, 6.45) is 0.249. The average molecular weight is 275 g/mol. The summed E-state index contributed by atoms with van der Waals surface area (Å²) in [5.74, 6) is -1.65. The predicted molar refractivity (Wildman–Crippen MR) is 77.5 cm³/mol. The van der Waals surface area contributed by atoms with Crippen LogP contribution in [0, 0.1) is 25.5 Å². The van der Waals surface area contributed by atoms with Crippen molar-refractivity contribution in [3.8, 4) is 0 Å². The molecule has 20 heavy (non-hydrogen) atoms. The Morgan fingerprint density at radius 3 is 2.40 bits per heavy atom. The molecule has 2 rings (SSSR count). The van der Waals surface area contributed by atoms with E-state index in [-0.39, 0.29) is 6.42 Å². The van der Waals surface area contributed by atoms with Crippen LogP contribution >= 0.6 is 0 Å². The summed E-state index contributed by atoms with van der Waals surface area (Å²) in [7, 11) is 0. The van der Waals surface area contributed by atoms with Crippen molar-refractivity contribution in [1.29, 1.82) is 0 Å². The van der Waals surface area contributed by atoms with Crippen LogP contribution in [0.1, 0.15) is 29.2 Å². The van der Waals surface area contributed by atoms with Crippen molar-refractivity contribution in [3.05, 3.63) is 70.3 Å². The van der Waals surface area contributed by atoms with Gasteiger partial charge in [0.2, 0.25) is 0 Å². The van der Waals surface area contributed by atoms with Crippen LogP contribution in [0.5, 0.6) is 0 Å².